The molecular formula is C21H20ClN3O3S2. The molecule has 9 heteroatoms. The van der Waals surface area contributed by atoms with E-state index in [0.717, 1.165) is 9.90 Å². The summed E-state index contributed by atoms with van der Waals surface area (Å²) in [5, 5.41) is 8.07. The van der Waals surface area contributed by atoms with Crippen LogP contribution in [0.3, 0.4) is 0 Å². The largest absolute Gasteiger partial charge is 0.497 e. The molecule has 0 fully saturated rings. The van der Waals surface area contributed by atoms with Gasteiger partial charge in [-0.15, -0.1) is 11.3 Å². The zero-order valence-corrected chi connectivity index (χ0v) is 18.8. The van der Waals surface area contributed by atoms with E-state index in [1.165, 1.54) is 23.1 Å². The Balaban J connectivity index is 1.47. The van der Waals surface area contributed by atoms with Crippen molar-refractivity contribution < 1.29 is 14.3 Å². The highest BCUT2D eigenvalue weighted by Gasteiger charge is 2.11. The molecule has 0 unspecified atom stereocenters. The van der Waals surface area contributed by atoms with E-state index >= 15 is 0 Å². The third kappa shape index (κ3) is 6.48. The van der Waals surface area contributed by atoms with Gasteiger partial charge in [0.15, 0.2) is 4.34 Å². The number of amides is 2. The highest BCUT2D eigenvalue weighted by molar-refractivity contribution is 8.01. The van der Waals surface area contributed by atoms with Crippen LogP contribution in [0.1, 0.15) is 11.3 Å². The summed E-state index contributed by atoms with van der Waals surface area (Å²) >= 11 is 8.82. The number of anilines is 2. The van der Waals surface area contributed by atoms with E-state index < -0.39 is 0 Å². The molecule has 156 valence electrons. The summed E-state index contributed by atoms with van der Waals surface area (Å²) in [5.74, 6) is 0.584. The van der Waals surface area contributed by atoms with E-state index in [2.05, 4.69) is 15.6 Å². The first-order valence-corrected chi connectivity index (χ1v) is 11.2. The molecule has 1 heterocycles. The summed E-state index contributed by atoms with van der Waals surface area (Å²) < 4.78 is 5.88. The quantitative estimate of drug-likeness (QED) is 0.460. The van der Waals surface area contributed by atoms with Gasteiger partial charge in [-0.2, -0.15) is 0 Å². The number of ether oxygens (including phenoxy) is 1. The number of carbonyl (C=O) groups excluding carboxylic acids is 2. The third-order valence-electron chi connectivity index (χ3n) is 4.01. The molecule has 2 amide bonds. The number of thioether (sulfide) groups is 1. The minimum absolute atomic E-state index is 0.140. The molecule has 0 bridgehead atoms. The van der Waals surface area contributed by atoms with Crippen molar-refractivity contribution in [2.45, 2.75) is 17.7 Å². The summed E-state index contributed by atoms with van der Waals surface area (Å²) in [6.07, 6.45) is 0.151. The van der Waals surface area contributed by atoms with Crippen molar-refractivity contribution in [2.75, 3.05) is 23.5 Å². The lowest BCUT2D eigenvalue weighted by Crippen LogP contribution is -2.15. The first kappa shape index (κ1) is 22.1. The monoisotopic (exact) mass is 461 g/mol. The van der Waals surface area contributed by atoms with Crippen LogP contribution < -0.4 is 15.4 Å². The Morgan fingerprint density at radius 1 is 1.13 bits per heavy atom. The number of thiazole rings is 1. The standard InChI is InChI=1S/C21H20ClN3O3S2/c1-13-6-7-15(9-18(13)22)23-19(26)10-16-11-29-21(25-16)30-12-20(27)24-14-4-3-5-17(8-14)28-2/h3-9,11H,10,12H2,1-2H3,(H,23,26)(H,24,27). The number of nitrogens with zero attached hydrogens (tertiary/aromatic N) is 1. The van der Waals surface area contributed by atoms with Gasteiger partial charge in [0.05, 0.1) is 25.0 Å². The Morgan fingerprint density at radius 2 is 1.90 bits per heavy atom. The molecule has 0 atom stereocenters. The van der Waals surface area contributed by atoms with E-state index in [1.54, 1.807) is 25.3 Å². The Labute approximate surface area is 188 Å². The molecular weight excluding hydrogens is 442 g/mol. The van der Waals surface area contributed by atoms with Crippen LogP contribution in [0, 0.1) is 6.92 Å². The van der Waals surface area contributed by atoms with Gasteiger partial charge in [0.1, 0.15) is 5.75 Å². The molecule has 0 aliphatic heterocycles. The van der Waals surface area contributed by atoms with Gasteiger partial charge in [-0.1, -0.05) is 35.5 Å². The lowest BCUT2D eigenvalue weighted by molar-refractivity contribution is -0.116. The van der Waals surface area contributed by atoms with Gasteiger partial charge in [0, 0.05) is 27.8 Å². The number of methoxy groups -OCH3 is 1. The zero-order valence-electron chi connectivity index (χ0n) is 16.4. The SMILES string of the molecule is COc1cccc(NC(=O)CSc2nc(CC(=O)Nc3ccc(C)c(Cl)c3)cs2)c1. The second kappa shape index (κ2) is 10.5. The number of hydrogen-bond acceptors (Lipinski definition) is 6. The summed E-state index contributed by atoms with van der Waals surface area (Å²) in [4.78, 5) is 28.8. The van der Waals surface area contributed by atoms with Crippen molar-refractivity contribution in [3.8, 4) is 5.75 Å². The molecule has 0 saturated heterocycles. The molecule has 0 saturated carbocycles. The van der Waals surface area contributed by atoms with Crippen LogP contribution >= 0.6 is 34.7 Å². The topological polar surface area (TPSA) is 80.3 Å². The predicted octanol–water partition coefficient (Wildman–Crippen LogP) is 5.03. The Kier molecular flexibility index (Phi) is 7.73. The average molecular weight is 462 g/mol. The summed E-state index contributed by atoms with van der Waals surface area (Å²) in [7, 11) is 1.58. The predicted molar refractivity (Wildman–Crippen MR) is 123 cm³/mol. The minimum Gasteiger partial charge on any atom is -0.497 e. The van der Waals surface area contributed by atoms with E-state index in [0.29, 0.717) is 27.8 Å². The number of carbonyl (C=O) groups is 2. The molecule has 0 aliphatic carbocycles. The van der Waals surface area contributed by atoms with Crippen LogP contribution in [-0.2, 0) is 16.0 Å². The fourth-order valence-electron chi connectivity index (χ4n) is 2.50. The number of rotatable bonds is 8. The second-order valence-electron chi connectivity index (χ2n) is 6.36. The molecule has 3 aromatic rings. The first-order chi connectivity index (χ1) is 14.4. The van der Waals surface area contributed by atoms with Gasteiger partial charge in [-0.25, -0.2) is 4.98 Å². The molecule has 3 rings (SSSR count). The Bertz CT molecular complexity index is 1060. The van der Waals surface area contributed by atoms with Gasteiger partial charge in [-0.05, 0) is 36.8 Å². The summed E-state index contributed by atoms with van der Waals surface area (Å²) in [5.41, 5.74) is 2.93. The van der Waals surface area contributed by atoms with Gasteiger partial charge in [-0.3, -0.25) is 9.59 Å². The number of hydrogen-bond donors (Lipinski definition) is 2. The number of halogens is 1. The van der Waals surface area contributed by atoms with Crippen molar-refractivity contribution >= 4 is 57.9 Å². The zero-order chi connectivity index (χ0) is 21.5. The molecule has 0 aliphatic rings. The van der Waals surface area contributed by atoms with E-state index in [4.69, 9.17) is 16.3 Å². The second-order valence-corrected chi connectivity index (χ2v) is 8.85. The molecule has 0 radical (unpaired) electrons. The number of aryl methyl sites for hydroxylation is 1. The molecule has 0 spiro atoms. The minimum atomic E-state index is -0.174. The van der Waals surface area contributed by atoms with Crippen molar-refractivity contribution in [2.24, 2.45) is 0 Å². The van der Waals surface area contributed by atoms with Crippen molar-refractivity contribution in [1.29, 1.82) is 0 Å². The van der Waals surface area contributed by atoms with Gasteiger partial charge in [0.2, 0.25) is 11.8 Å². The fourth-order valence-corrected chi connectivity index (χ4v) is 4.33. The van der Waals surface area contributed by atoms with Crippen LogP contribution in [0.25, 0.3) is 0 Å². The van der Waals surface area contributed by atoms with Gasteiger partial charge < -0.3 is 15.4 Å². The number of benzene rings is 2. The molecule has 6 nitrogen and oxygen atoms in total. The summed E-state index contributed by atoms with van der Waals surface area (Å²) in [6, 6.07) is 12.6. The maximum absolute atomic E-state index is 12.2. The van der Waals surface area contributed by atoms with Crippen LogP contribution in [0.5, 0.6) is 5.75 Å². The van der Waals surface area contributed by atoms with Crippen molar-refractivity contribution in [3.05, 3.63) is 64.1 Å². The Morgan fingerprint density at radius 3 is 2.67 bits per heavy atom. The highest BCUT2D eigenvalue weighted by atomic mass is 35.5. The molecule has 2 aromatic carbocycles. The van der Waals surface area contributed by atoms with E-state index in [-0.39, 0.29) is 24.0 Å². The maximum atomic E-state index is 12.2. The van der Waals surface area contributed by atoms with Crippen molar-refractivity contribution in [3.63, 3.8) is 0 Å². The number of nitrogens with one attached hydrogen (secondary N) is 2. The van der Waals surface area contributed by atoms with E-state index in [1.807, 2.05) is 36.6 Å². The highest BCUT2D eigenvalue weighted by Crippen LogP contribution is 2.24. The molecule has 1 aromatic heterocycles. The molecule has 2 N–H and O–H groups in total. The Hall–Kier alpha value is -2.55. The van der Waals surface area contributed by atoms with Crippen LogP contribution in [0.2, 0.25) is 5.02 Å². The van der Waals surface area contributed by atoms with Crippen LogP contribution in [0.15, 0.2) is 52.2 Å². The lowest BCUT2D eigenvalue weighted by atomic mass is 10.2. The third-order valence-corrected chi connectivity index (χ3v) is 6.49. The van der Waals surface area contributed by atoms with Crippen molar-refractivity contribution in [1.82, 2.24) is 4.98 Å². The maximum Gasteiger partial charge on any atom is 0.234 e. The fraction of sp³-hybridized carbons (Fsp3) is 0.190. The smallest absolute Gasteiger partial charge is 0.234 e. The first-order valence-electron chi connectivity index (χ1n) is 9.00. The average Bonchev–Trinajstić information content (AvgIpc) is 3.16. The molecule has 30 heavy (non-hydrogen) atoms. The van der Waals surface area contributed by atoms with E-state index in [9.17, 15) is 9.59 Å². The lowest BCUT2D eigenvalue weighted by Gasteiger charge is -2.06. The van der Waals surface area contributed by atoms with Crippen LogP contribution in [0.4, 0.5) is 11.4 Å². The van der Waals surface area contributed by atoms with Gasteiger partial charge in [0.25, 0.3) is 0 Å². The number of aromatic nitrogens is 1. The van der Waals surface area contributed by atoms with Crippen LogP contribution in [-0.4, -0.2) is 29.7 Å². The normalized spacial score (nSPS) is 10.5. The van der Waals surface area contributed by atoms with Gasteiger partial charge >= 0.3 is 0 Å². The summed E-state index contributed by atoms with van der Waals surface area (Å²) in [6.45, 7) is 1.90.